The van der Waals surface area contributed by atoms with Gasteiger partial charge in [-0.2, -0.15) is 0 Å². The maximum absolute atomic E-state index is 13.8. The van der Waals surface area contributed by atoms with Crippen LogP contribution in [0.2, 0.25) is 5.02 Å². The van der Waals surface area contributed by atoms with E-state index in [-0.39, 0.29) is 5.91 Å². The largest absolute Gasteiger partial charge is 0.496 e. The van der Waals surface area contributed by atoms with Crippen molar-refractivity contribution in [3.05, 3.63) is 88.4 Å². The van der Waals surface area contributed by atoms with E-state index < -0.39 is 0 Å². The first-order valence-corrected chi connectivity index (χ1v) is 11.2. The van der Waals surface area contributed by atoms with Crippen molar-refractivity contribution in [3.63, 3.8) is 0 Å². The van der Waals surface area contributed by atoms with E-state index in [1.807, 2.05) is 30.5 Å². The number of hydrogen-bond acceptors (Lipinski definition) is 3. The second-order valence-corrected chi connectivity index (χ2v) is 8.56. The Hall–Kier alpha value is -2.98. The van der Waals surface area contributed by atoms with Crippen molar-refractivity contribution < 1.29 is 9.53 Å². The topological polar surface area (TPSA) is 32.8 Å². The lowest BCUT2D eigenvalue weighted by molar-refractivity contribution is 0.0994. The number of para-hydroxylation sites is 1. The minimum Gasteiger partial charge on any atom is -0.496 e. The highest BCUT2D eigenvalue weighted by atomic mass is 35.5. The van der Waals surface area contributed by atoms with Crippen LogP contribution >= 0.6 is 11.6 Å². The molecule has 2 aliphatic heterocycles. The van der Waals surface area contributed by atoms with E-state index in [1.165, 1.54) is 12.0 Å². The van der Waals surface area contributed by atoms with Gasteiger partial charge in [0.05, 0.1) is 18.4 Å². The summed E-state index contributed by atoms with van der Waals surface area (Å²) in [6.07, 6.45) is 13.7. The van der Waals surface area contributed by atoms with E-state index in [2.05, 4.69) is 29.3 Å². The number of halogens is 1. The van der Waals surface area contributed by atoms with Gasteiger partial charge in [0.25, 0.3) is 5.91 Å². The Labute approximate surface area is 188 Å². The Morgan fingerprint density at radius 3 is 2.84 bits per heavy atom. The van der Waals surface area contributed by atoms with Gasteiger partial charge >= 0.3 is 0 Å². The number of rotatable bonds is 3. The van der Waals surface area contributed by atoms with Crippen LogP contribution in [0.15, 0.2) is 66.6 Å². The first-order valence-electron chi connectivity index (χ1n) is 10.8. The zero-order chi connectivity index (χ0) is 21.4. The molecule has 2 aromatic rings. The molecule has 1 aliphatic carbocycles. The summed E-state index contributed by atoms with van der Waals surface area (Å²) in [6, 6.07) is 11.7. The predicted molar refractivity (Wildman–Crippen MR) is 125 cm³/mol. The van der Waals surface area contributed by atoms with Crippen LogP contribution in [0.4, 0.5) is 5.69 Å². The van der Waals surface area contributed by atoms with Crippen molar-refractivity contribution in [1.82, 2.24) is 4.90 Å². The fourth-order valence-corrected chi connectivity index (χ4v) is 4.88. The number of allylic oxidation sites excluding steroid dienone is 3. The Morgan fingerprint density at radius 2 is 2.03 bits per heavy atom. The number of methoxy groups -OCH3 is 1. The van der Waals surface area contributed by atoms with Crippen molar-refractivity contribution in [2.75, 3.05) is 12.0 Å². The molecule has 1 amide bonds. The van der Waals surface area contributed by atoms with E-state index >= 15 is 0 Å². The SMILES string of the molecule is COc1cc(C2=CCCCC2)c(Cl)cc1C(=O)N1C=C2CC=CN2Cc2ccccc21. The molecule has 0 saturated heterocycles. The lowest BCUT2D eigenvalue weighted by Crippen LogP contribution is -2.27. The number of ether oxygens (including phenoxy) is 1. The molecule has 0 spiro atoms. The third-order valence-electron chi connectivity index (χ3n) is 6.23. The molecule has 0 bridgehead atoms. The minimum atomic E-state index is -0.142. The Bertz CT molecular complexity index is 1130. The number of fused-ring (bicyclic) bond motifs is 2. The molecule has 4 nitrogen and oxygen atoms in total. The van der Waals surface area contributed by atoms with Crippen LogP contribution in [0.5, 0.6) is 5.75 Å². The second-order valence-electron chi connectivity index (χ2n) is 8.15. The van der Waals surface area contributed by atoms with Crippen molar-refractivity contribution >= 4 is 28.8 Å². The predicted octanol–water partition coefficient (Wildman–Crippen LogP) is 6.53. The van der Waals surface area contributed by atoms with E-state index in [1.54, 1.807) is 18.1 Å². The highest BCUT2D eigenvalue weighted by Gasteiger charge is 2.28. The summed E-state index contributed by atoms with van der Waals surface area (Å²) >= 11 is 6.70. The number of carbonyl (C=O) groups is 1. The highest BCUT2D eigenvalue weighted by molar-refractivity contribution is 6.33. The molecule has 5 rings (SSSR count). The maximum atomic E-state index is 13.8. The molecule has 0 N–H and O–H groups in total. The van der Waals surface area contributed by atoms with Crippen molar-refractivity contribution in [1.29, 1.82) is 0 Å². The van der Waals surface area contributed by atoms with Crippen LogP contribution in [-0.4, -0.2) is 17.9 Å². The standard InChI is InChI=1S/C26H25ClN2O2/c1-31-25-15-21(18-8-3-2-4-9-18)23(27)14-22(25)26(30)29-17-20-11-7-13-28(20)16-19-10-5-6-12-24(19)29/h5-8,10,12-15,17H,2-4,9,11,16H2,1H3. The summed E-state index contributed by atoms with van der Waals surface area (Å²) in [4.78, 5) is 17.7. The summed E-state index contributed by atoms with van der Waals surface area (Å²) in [6.45, 7) is 0.743. The number of hydrogen-bond donors (Lipinski definition) is 0. The van der Waals surface area contributed by atoms with Crippen molar-refractivity contribution in [2.45, 2.75) is 38.6 Å². The number of anilines is 1. The van der Waals surface area contributed by atoms with Gasteiger partial charge in [-0.05, 0) is 60.6 Å². The van der Waals surface area contributed by atoms with Crippen LogP contribution in [0, 0.1) is 0 Å². The van der Waals surface area contributed by atoms with E-state index in [0.29, 0.717) is 16.3 Å². The summed E-state index contributed by atoms with van der Waals surface area (Å²) in [5, 5.41) is 0.595. The lowest BCUT2D eigenvalue weighted by Gasteiger charge is -2.22. The fourth-order valence-electron chi connectivity index (χ4n) is 4.59. The molecule has 2 aromatic carbocycles. The van der Waals surface area contributed by atoms with Crippen LogP contribution in [-0.2, 0) is 6.54 Å². The normalized spacial score (nSPS) is 17.5. The summed E-state index contributed by atoms with van der Waals surface area (Å²) in [5.41, 5.74) is 5.76. The average Bonchev–Trinajstić information content (AvgIpc) is 3.18. The maximum Gasteiger partial charge on any atom is 0.266 e. The first kappa shape index (κ1) is 20.0. The van der Waals surface area contributed by atoms with E-state index in [0.717, 1.165) is 54.7 Å². The third kappa shape index (κ3) is 3.66. The zero-order valence-corrected chi connectivity index (χ0v) is 18.4. The van der Waals surface area contributed by atoms with Crippen LogP contribution < -0.4 is 9.64 Å². The van der Waals surface area contributed by atoms with Gasteiger partial charge in [0.2, 0.25) is 0 Å². The summed E-state index contributed by atoms with van der Waals surface area (Å²) in [5.74, 6) is 0.411. The molecule has 0 aromatic heterocycles. The van der Waals surface area contributed by atoms with Crippen molar-refractivity contribution in [3.8, 4) is 5.75 Å². The molecule has 2 heterocycles. The molecule has 0 fully saturated rings. The highest BCUT2D eigenvalue weighted by Crippen LogP contribution is 2.38. The van der Waals surface area contributed by atoms with Gasteiger partial charge in [0.1, 0.15) is 5.75 Å². The van der Waals surface area contributed by atoms with Gasteiger partial charge in [-0.3, -0.25) is 9.69 Å². The molecule has 0 unspecified atom stereocenters. The quantitative estimate of drug-likeness (QED) is 0.552. The molecule has 5 heteroatoms. The van der Waals surface area contributed by atoms with Gasteiger partial charge < -0.3 is 9.64 Å². The van der Waals surface area contributed by atoms with Crippen LogP contribution in [0.25, 0.3) is 5.57 Å². The number of amides is 1. The van der Waals surface area contributed by atoms with E-state index in [4.69, 9.17) is 16.3 Å². The van der Waals surface area contributed by atoms with Crippen molar-refractivity contribution in [2.24, 2.45) is 0 Å². The Balaban J connectivity index is 1.58. The van der Waals surface area contributed by atoms with Gasteiger partial charge in [-0.15, -0.1) is 0 Å². The lowest BCUT2D eigenvalue weighted by atomic mass is 9.92. The zero-order valence-electron chi connectivity index (χ0n) is 17.6. The smallest absolute Gasteiger partial charge is 0.266 e. The molecule has 3 aliphatic rings. The number of carbonyl (C=O) groups excluding carboxylic acids is 1. The third-order valence-corrected chi connectivity index (χ3v) is 6.54. The van der Waals surface area contributed by atoms with Gasteiger partial charge in [-0.1, -0.05) is 42.0 Å². The fraction of sp³-hybridized carbons (Fsp3) is 0.269. The average molecular weight is 433 g/mol. The molecule has 0 saturated carbocycles. The number of nitrogens with zero attached hydrogens (tertiary/aromatic N) is 2. The summed E-state index contributed by atoms with van der Waals surface area (Å²) < 4.78 is 5.67. The number of benzene rings is 2. The second kappa shape index (κ2) is 8.27. The molecule has 0 atom stereocenters. The van der Waals surface area contributed by atoms with Crippen LogP contribution in [0.3, 0.4) is 0 Å². The summed E-state index contributed by atoms with van der Waals surface area (Å²) in [7, 11) is 1.61. The minimum absolute atomic E-state index is 0.142. The van der Waals surface area contributed by atoms with Gasteiger partial charge in [0, 0.05) is 36.1 Å². The molecule has 31 heavy (non-hydrogen) atoms. The van der Waals surface area contributed by atoms with Crippen LogP contribution in [0.1, 0.15) is 53.6 Å². The molecular weight excluding hydrogens is 408 g/mol. The van der Waals surface area contributed by atoms with Gasteiger partial charge in [0.15, 0.2) is 0 Å². The Morgan fingerprint density at radius 1 is 1.16 bits per heavy atom. The first-order chi connectivity index (χ1) is 15.2. The van der Waals surface area contributed by atoms with E-state index in [9.17, 15) is 4.79 Å². The Kier molecular flexibility index (Phi) is 5.33. The molecule has 0 radical (unpaired) electrons. The van der Waals surface area contributed by atoms with Gasteiger partial charge in [-0.25, -0.2) is 0 Å². The molecular formula is C26H25ClN2O2. The monoisotopic (exact) mass is 432 g/mol. The molecule has 158 valence electrons.